The monoisotopic (exact) mass is 263 g/mol. The molecule has 4 heteroatoms. The summed E-state index contributed by atoms with van der Waals surface area (Å²) in [6.07, 6.45) is 2.01. The molecule has 1 rings (SSSR count). The molecular weight excluding hydrogens is 238 g/mol. The number of benzene rings is 1. The number of nitrogens with one attached hydrogen (secondary N) is 2. The van der Waals surface area contributed by atoms with Gasteiger partial charge in [-0.15, -0.1) is 0 Å². The van der Waals surface area contributed by atoms with Crippen molar-refractivity contribution in [2.45, 2.75) is 26.7 Å². The van der Waals surface area contributed by atoms with E-state index in [9.17, 15) is 0 Å². The molecule has 0 amide bonds. The first-order valence-electron chi connectivity index (χ1n) is 6.97. The van der Waals surface area contributed by atoms with E-state index < -0.39 is 0 Å². The normalized spacial score (nSPS) is 11.2. The highest BCUT2D eigenvalue weighted by Crippen LogP contribution is 2.17. The van der Waals surface area contributed by atoms with Crippen molar-refractivity contribution in [3.63, 3.8) is 0 Å². The van der Waals surface area contributed by atoms with Gasteiger partial charge in [-0.1, -0.05) is 25.1 Å². The average molecular weight is 263 g/mol. The molecule has 0 aromatic heterocycles. The third kappa shape index (κ3) is 5.64. The number of hydrogen-bond donors (Lipinski definition) is 2. The van der Waals surface area contributed by atoms with Crippen molar-refractivity contribution < 1.29 is 4.74 Å². The molecule has 4 nitrogen and oxygen atoms in total. The fourth-order valence-electron chi connectivity index (χ4n) is 1.79. The Morgan fingerprint density at radius 2 is 1.89 bits per heavy atom. The van der Waals surface area contributed by atoms with E-state index in [2.05, 4.69) is 28.6 Å². The fourth-order valence-corrected chi connectivity index (χ4v) is 1.79. The lowest BCUT2D eigenvalue weighted by Crippen LogP contribution is -2.38. The second-order valence-corrected chi connectivity index (χ2v) is 4.22. The Labute approximate surface area is 116 Å². The van der Waals surface area contributed by atoms with E-state index in [1.54, 1.807) is 7.05 Å². The Morgan fingerprint density at radius 1 is 1.16 bits per heavy atom. The molecular formula is C15H25N3O. The van der Waals surface area contributed by atoms with Crippen molar-refractivity contribution in [1.29, 1.82) is 0 Å². The zero-order valence-electron chi connectivity index (χ0n) is 12.2. The zero-order valence-corrected chi connectivity index (χ0v) is 12.2. The van der Waals surface area contributed by atoms with E-state index in [4.69, 9.17) is 4.74 Å². The van der Waals surface area contributed by atoms with Gasteiger partial charge in [0.1, 0.15) is 5.75 Å². The maximum absolute atomic E-state index is 5.61. The summed E-state index contributed by atoms with van der Waals surface area (Å²) in [6, 6.07) is 8.17. The Hall–Kier alpha value is -1.71. The highest BCUT2D eigenvalue weighted by molar-refractivity contribution is 5.79. The van der Waals surface area contributed by atoms with Gasteiger partial charge in [0.2, 0.25) is 0 Å². The molecule has 0 bridgehead atoms. The molecule has 0 aliphatic carbocycles. The number of aliphatic imine (C=N–C) groups is 1. The highest BCUT2D eigenvalue weighted by atomic mass is 16.5. The van der Waals surface area contributed by atoms with E-state index in [-0.39, 0.29) is 0 Å². The predicted octanol–water partition coefficient (Wildman–Crippen LogP) is 2.20. The summed E-state index contributed by atoms with van der Waals surface area (Å²) in [7, 11) is 1.79. The number of hydrogen-bond acceptors (Lipinski definition) is 2. The van der Waals surface area contributed by atoms with E-state index in [0.29, 0.717) is 6.61 Å². The standard InChI is InChI=1S/C15H25N3O/c1-4-11-17-15(16-3)18-12-10-13-8-6-7-9-14(13)19-5-2/h6-9H,4-5,10-12H2,1-3H3,(H2,16,17,18). The molecule has 0 radical (unpaired) electrons. The fraction of sp³-hybridized carbons (Fsp3) is 0.533. The van der Waals surface area contributed by atoms with Gasteiger partial charge in [0.25, 0.3) is 0 Å². The van der Waals surface area contributed by atoms with E-state index in [1.165, 1.54) is 5.56 Å². The van der Waals surface area contributed by atoms with Crippen LogP contribution < -0.4 is 15.4 Å². The van der Waals surface area contributed by atoms with E-state index in [0.717, 1.165) is 37.6 Å². The smallest absolute Gasteiger partial charge is 0.190 e. The van der Waals surface area contributed by atoms with Crippen LogP contribution in [-0.4, -0.2) is 32.7 Å². The van der Waals surface area contributed by atoms with Crippen LogP contribution in [0.4, 0.5) is 0 Å². The molecule has 0 unspecified atom stereocenters. The quantitative estimate of drug-likeness (QED) is 0.585. The molecule has 0 heterocycles. The molecule has 0 saturated carbocycles. The largest absolute Gasteiger partial charge is 0.494 e. The maximum atomic E-state index is 5.61. The first-order valence-corrected chi connectivity index (χ1v) is 6.97. The van der Waals surface area contributed by atoms with E-state index in [1.807, 2.05) is 25.1 Å². The zero-order chi connectivity index (χ0) is 13.9. The molecule has 0 saturated heterocycles. The Kier molecular flexibility index (Phi) is 7.47. The first-order chi connectivity index (χ1) is 9.31. The minimum atomic E-state index is 0.699. The lowest BCUT2D eigenvalue weighted by atomic mass is 10.1. The van der Waals surface area contributed by atoms with Crippen LogP contribution in [0.5, 0.6) is 5.75 Å². The van der Waals surface area contributed by atoms with Gasteiger partial charge in [0.05, 0.1) is 6.61 Å². The van der Waals surface area contributed by atoms with Crippen LogP contribution in [0.1, 0.15) is 25.8 Å². The summed E-state index contributed by atoms with van der Waals surface area (Å²) in [6.45, 7) is 6.62. The van der Waals surface area contributed by atoms with Crippen LogP contribution in [-0.2, 0) is 6.42 Å². The topological polar surface area (TPSA) is 45.7 Å². The minimum Gasteiger partial charge on any atom is -0.494 e. The van der Waals surface area contributed by atoms with Gasteiger partial charge in [0, 0.05) is 20.1 Å². The van der Waals surface area contributed by atoms with Crippen LogP contribution in [0.15, 0.2) is 29.3 Å². The van der Waals surface area contributed by atoms with Gasteiger partial charge < -0.3 is 15.4 Å². The number of nitrogens with zero attached hydrogens (tertiary/aromatic N) is 1. The third-order valence-electron chi connectivity index (χ3n) is 2.73. The second-order valence-electron chi connectivity index (χ2n) is 4.22. The highest BCUT2D eigenvalue weighted by Gasteiger charge is 2.02. The Balaban J connectivity index is 2.44. The van der Waals surface area contributed by atoms with Gasteiger partial charge in [-0.2, -0.15) is 0 Å². The van der Waals surface area contributed by atoms with Crippen LogP contribution in [0.2, 0.25) is 0 Å². The summed E-state index contributed by atoms with van der Waals surface area (Å²) in [5.74, 6) is 1.83. The molecule has 0 fully saturated rings. The van der Waals surface area contributed by atoms with Crippen molar-refractivity contribution in [2.75, 3.05) is 26.7 Å². The van der Waals surface area contributed by atoms with Gasteiger partial charge in [-0.05, 0) is 31.4 Å². The number of rotatable bonds is 7. The van der Waals surface area contributed by atoms with Crippen molar-refractivity contribution >= 4 is 5.96 Å². The van der Waals surface area contributed by atoms with E-state index >= 15 is 0 Å². The Morgan fingerprint density at radius 3 is 2.58 bits per heavy atom. The summed E-state index contributed by atoms with van der Waals surface area (Å²) >= 11 is 0. The average Bonchev–Trinajstić information content (AvgIpc) is 2.44. The van der Waals surface area contributed by atoms with Crippen molar-refractivity contribution in [3.05, 3.63) is 29.8 Å². The van der Waals surface area contributed by atoms with Gasteiger partial charge >= 0.3 is 0 Å². The molecule has 19 heavy (non-hydrogen) atoms. The third-order valence-corrected chi connectivity index (χ3v) is 2.73. The minimum absolute atomic E-state index is 0.699. The summed E-state index contributed by atoms with van der Waals surface area (Å²) in [4.78, 5) is 4.18. The number of guanidine groups is 1. The molecule has 0 aliphatic rings. The first kappa shape index (κ1) is 15.3. The molecule has 2 N–H and O–H groups in total. The van der Waals surface area contributed by atoms with Crippen molar-refractivity contribution in [1.82, 2.24) is 10.6 Å². The predicted molar refractivity (Wildman–Crippen MR) is 81.0 cm³/mol. The van der Waals surface area contributed by atoms with Crippen molar-refractivity contribution in [2.24, 2.45) is 4.99 Å². The lowest BCUT2D eigenvalue weighted by Gasteiger charge is -2.13. The molecule has 1 aromatic carbocycles. The molecule has 106 valence electrons. The summed E-state index contributed by atoms with van der Waals surface area (Å²) in [5.41, 5.74) is 1.22. The van der Waals surface area contributed by atoms with Gasteiger partial charge in [-0.25, -0.2) is 0 Å². The lowest BCUT2D eigenvalue weighted by molar-refractivity contribution is 0.336. The van der Waals surface area contributed by atoms with Crippen molar-refractivity contribution in [3.8, 4) is 5.75 Å². The summed E-state index contributed by atoms with van der Waals surface area (Å²) < 4.78 is 5.61. The number of para-hydroxylation sites is 1. The summed E-state index contributed by atoms with van der Waals surface area (Å²) in [5, 5.41) is 6.56. The molecule has 1 aromatic rings. The maximum Gasteiger partial charge on any atom is 0.190 e. The molecule has 0 spiro atoms. The van der Waals surface area contributed by atoms with Gasteiger partial charge in [-0.3, -0.25) is 4.99 Å². The Bertz CT molecular complexity index is 391. The molecule has 0 atom stereocenters. The SMILES string of the molecule is CCCNC(=NC)NCCc1ccccc1OCC. The molecule has 0 aliphatic heterocycles. The number of ether oxygens (including phenoxy) is 1. The van der Waals surface area contributed by atoms with Crippen LogP contribution in [0, 0.1) is 0 Å². The van der Waals surface area contributed by atoms with Gasteiger partial charge in [0.15, 0.2) is 5.96 Å². The van der Waals surface area contributed by atoms with Crippen LogP contribution in [0.3, 0.4) is 0 Å². The second kappa shape index (κ2) is 9.25. The van der Waals surface area contributed by atoms with Crippen LogP contribution in [0.25, 0.3) is 0 Å². The van der Waals surface area contributed by atoms with Crippen LogP contribution >= 0.6 is 0 Å².